The maximum atomic E-state index is 3.56. The molecule has 102 valence electrons. The summed E-state index contributed by atoms with van der Waals surface area (Å²) in [5.41, 5.74) is 2.95. The third-order valence-corrected chi connectivity index (χ3v) is 5.17. The van der Waals surface area contributed by atoms with E-state index < -0.39 is 0 Å². The van der Waals surface area contributed by atoms with Crippen LogP contribution in [0.15, 0.2) is 24.3 Å². The Labute approximate surface area is 115 Å². The average Bonchev–Trinajstić information content (AvgIpc) is 2.70. The SMILES string of the molecule is c1ccc2c(c1)CNCCN2C1CN2CCC1CC2. The first-order valence-electron chi connectivity index (χ1n) is 7.69. The van der Waals surface area contributed by atoms with Gasteiger partial charge in [-0.3, -0.25) is 0 Å². The molecule has 3 saturated heterocycles. The first kappa shape index (κ1) is 11.7. The Hall–Kier alpha value is -1.06. The quantitative estimate of drug-likeness (QED) is 0.826. The van der Waals surface area contributed by atoms with Crippen molar-refractivity contribution in [2.75, 3.05) is 37.6 Å². The first-order chi connectivity index (χ1) is 9.42. The van der Waals surface area contributed by atoms with E-state index in [1.807, 2.05) is 0 Å². The number of piperidine rings is 3. The molecule has 19 heavy (non-hydrogen) atoms. The van der Waals surface area contributed by atoms with E-state index in [1.165, 1.54) is 43.7 Å². The number of nitrogens with zero attached hydrogens (tertiary/aromatic N) is 2. The molecular weight excluding hydrogens is 234 g/mol. The molecule has 3 heteroatoms. The molecule has 3 fully saturated rings. The largest absolute Gasteiger partial charge is 0.365 e. The fourth-order valence-corrected chi connectivity index (χ4v) is 4.11. The van der Waals surface area contributed by atoms with E-state index in [0.29, 0.717) is 0 Å². The Morgan fingerprint density at radius 3 is 2.68 bits per heavy atom. The Morgan fingerprint density at radius 2 is 1.89 bits per heavy atom. The molecule has 1 atom stereocenters. The van der Waals surface area contributed by atoms with Crippen molar-refractivity contribution < 1.29 is 0 Å². The molecule has 4 heterocycles. The monoisotopic (exact) mass is 257 g/mol. The van der Waals surface area contributed by atoms with Gasteiger partial charge in [0.2, 0.25) is 0 Å². The number of benzene rings is 1. The van der Waals surface area contributed by atoms with Gasteiger partial charge in [0.05, 0.1) is 0 Å². The van der Waals surface area contributed by atoms with Crippen LogP contribution in [0, 0.1) is 5.92 Å². The van der Waals surface area contributed by atoms with Crippen molar-refractivity contribution in [1.82, 2.24) is 10.2 Å². The number of nitrogens with one attached hydrogen (secondary N) is 1. The lowest BCUT2D eigenvalue weighted by Gasteiger charge is -2.50. The van der Waals surface area contributed by atoms with Gasteiger partial charge in [-0.25, -0.2) is 0 Å². The van der Waals surface area contributed by atoms with Crippen LogP contribution in [-0.2, 0) is 6.54 Å². The van der Waals surface area contributed by atoms with Gasteiger partial charge in [0.25, 0.3) is 0 Å². The van der Waals surface area contributed by atoms with Gasteiger partial charge in [-0.1, -0.05) is 18.2 Å². The summed E-state index contributed by atoms with van der Waals surface area (Å²) in [4.78, 5) is 5.36. The van der Waals surface area contributed by atoms with E-state index in [4.69, 9.17) is 0 Å². The molecule has 1 N–H and O–H groups in total. The summed E-state index contributed by atoms with van der Waals surface area (Å²) in [6.45, 7) is 7.22. The predicted molar refractivity (Wildman–Crippen MR) is 78.4 cm³/mol. The van der Waals surface area contributed by atoms with Crippen molar-refractivity contribution in [3.8, 4) is 0 Å². The van der Waals surface area contributed by atoms with Gasteiger partial charge in [0, 0.05) is 37.9 Å². The summed E-state index contributed by atoms with van der Waals surface area (Å²) in [6.07, 6.45) is 2.80. The molecule has 0 radical (unpaired) electrons. The zero-order valence-electron chi connectivity index (χ0n) is 11.5. The Bertz CT molecular complexity index is 451. The minimum Gasteiger partial charge on any atom is -0.365 e. The van der Waals surface area contributed by atoms with Gasteiger partial charge in [-0.2, -0.15) is 0 Å². The highest BCUT2D eigenvalue weighted by Gasteiger charge is 2.38. The number of anilines is 1. The second kappa shape index (κ2) is 4.80. The summed E-state index contributed by atoms with van der Waals surface area (Å²) in [5.74, 6) is 0.913. The van der Waals surface area contributed by atoms with Crippen LogP contribution in [0.25, 0.3) is 0 Å². The van der Waals surface area contributed by atoms with Gasteiger partial charge >= 0.3 is 0 Å². The van der Waals surface area contributed by atoms with Crippen molar-refractivity contribution in [2.24, 2.45) is 5.92 Å². The highest BCUT2D eigenvalue weighted by Crippen LogP contribution is 2.35. The third kappa shape index (κ3) is 2.05. The lowest BCUT2D eigenvalue weighted by atomic mass is 9.82. The van der Waals surface area contributed by atoms with Crippen molar-refractivity contribution in [1.29, 1.82) is 0 Å². The van der Waals surface area contributed by atoms with E-state index in [1.54, 1.807) is 0 Å². The van der Waals surface area contributed by atoms with Crippen LogP contribution in [0.3, 0.4) is 0 Å². The summed E-state index contributed by atoms with van der Waals surface area (Å²) in [5, 5.41) is 3.56. The van der Waals surface area contributed by atoms with Crippen LogP contribution in [-0.4, -0.2) is 43.7 Å². The standard InChI is InChI=1S/C16H23N3/c1-2-4-15-14(3-1)11-17-7-10-19(15)16-12-18-8-5-13(16)6-9-18/h1-4,13,16-17H,5-12H2. The first-order valence-corrected chi connectivity index (χ1v) is 7.69. The molecule has 4 aliphatic heterocycles. The number of hydrogen-bond acceptors (Lipinski definition) is 3. The van der Waals surface area contributed by atoms with Crippen molar-refractivity contribution in [3.63, 3.8) is 0 Å². The number of rotatable bonds is 1. The summed E-state index contributed by atoms with van der Waals surface area (Å²) in [6, 6.07) is 9.70. The second-order valence-electron chi connectivity index (χ2n) is 6.20. The Balaban J connectivity index is 1.67. The van der Waals surface area contributed by atoms with Gasteiger partial charge in [0.1, 0.15) is 0 Å². The summed E-state index contributed by atoms with van der Waals surface area (Å²) >= 11 is 0. The van der Waals surface area contributed by atoms with Crippen molar-refractivity contribution in [3.05, 3.63) is 29.8 Å². The molecule has 1 unspecified atom stereocenters. The molecule has 0 aromatic heterocycles. The smallest absolute Gasteiger partial charge is 0.0446 e. The molecule has 4 aliphatic rings. The minimum atomic E-state index is 0.739. The average molecular weight is 257 g/mol. The predicted octanol–water partition coefficient (Wildman–Crippen LogP) is 1.69. The molecule has 0 amide bonds. The van der Waals surface area contributed by atoms with Crippen molar-refractivity contribution in [2.45, 2.75) is 25.4 Å². The van der Waals surface area contributed by atoms with E-state index in [9.17, 15) is 0 Å². The number of hydrogen-bond donors (Lipinski definition) is 1. The van der Waals surface area contributed by atoms with Gasteiger partial charge < -0.3 is 15.1 Å². The third-order valence-electron chi connectivity index (χ3n) is 5.17. The fraction of sp³-hybridized carbons (Fsp3) is 0.625. The van der Waals surface area contributed by atoms with Gasteiger partial charge in [0.15, 0.2) is 0 Å². The fourth-order valence-electron chi connectivity index (χ4n) is 4.11. The molecule has 0 spiro atoms. The minimum absolute atomic E-state index is 0.739. The van der Waals surface area contributed by atoms with Crippen molar-refractivity contribution >= 4 is 5.69 Å². The van der Waals surface area contributed by atoms with Gasteiger partial charge in [-0.15, -0.1) is 0 Å². The van der Waals surface area contributed by atoms with E-state index in [0.717, 1.165) is 31.6 Å². The summed E-state index contributed by atoms with van der Waals surface area (Å²) < 4.78 is 0. The van der Waals surface area contributed by atoms with Crippen LogP contribution < -0.4 is 10.2 Å². The number of fused-ring (bicyclic) bond motifs is 4. The molecule has 1 aromatic rings. The maximum absolute atomic E-state index is 3.56. The zero-order chi connectivity index (χ0) is 12.7. The number of para-hydroxylation sites is 1. The lowest BCUT2D eigenvalue weighted by Crippen LogP contribution is -2.58. The van der Waals surface area contributed by atoms with Gasteiger partial charge in [-0.05, 0) is 43.5 Å². The van der Waals surface area contributed by atoms with Crippen LogP contribution in [0.2, 0.25) is 0 Å². The molecule has 1 aromatic carbocycles. The second-order valence-corrected chi connectivity index (χ2v) is 6.20. The highest BCUT2D eigenvalue weighted by atomic mass is 15.3. The van der Waals surface area contributed by atoms with E-state index >= 15 is 0 Å². The topological polar surface area (TPSA) is 18.5 Å². The normalized spacial score (nSPS) is 33.9. The summed E-state index contributed by atoms with van der Waals surface area (Å²) in [7, 11) is 0. The Kier molecular flexibility index (Phi) is 2.97. The van der Waals surface area contributed by atoms with E-state index in [2.05, 4.69) is 39.4 Å². The lowest BCUT2D eigenvalue weighted by molar-refractivity contribution is 0.0854. The zero-order valence-corrected chi connectivity index (χ0v) is 11.5. The molecule has 5 rings (SSSR count). The highest BCUT2D eigenvalue weighted by molar-refractivity contribution is 5.55. The molecule has 0 saturated carbocycles. The Morgan fingerprint density at radius 1 is 1.05 bits per heavy atom. The molecule has 3 nitrogen and oxygen atoms in total. The van der Waals surface area contributed by atoms with Crippen LogP contribution in [0.4, 0.5) is 5.69 Å². The van der Waals surface area contributed by atoms with Crippen LogP contribution in [0.1, 0.15) is 18.4 Å². The molecular formula is C16H23N3. The van der Waals surface area contributed by atoms with Crippen LogP contribution in [0.5, 0.6) is 0 Å². The van der Waals surface area contributed by atoms with E-state index in [-0.39, 0.29) is 0 Å². The maximum Gasteiger partial charge on any atom is 0.0446 e. The van der Waals surface area contributed by atoms with Crippen LogP contribution >= 0.6 is 0 Å². The molecule has 2 bridgehead atoms. The molecule has 0 aliphatic carbocycles.